The normalized spacial score (nSPS) is 9.84. The molecule has 0 spiro atoms. The van der Waals surface area contributed by atoms with Crippen molar-refractivity contribution in [2.45, 2.75) is 27.2 Å². The van der Waals surface area contributed by atoms with Crippen molar-refractivity contribution in [3.8, 4) is 0 Å². The number of hydrogen-bond donors (Lipinski definition) is 3. The molecule has 1 aromatic rings. The SMILES string of the molecule is CCNC(=O)CNC(=O)Nc1c(C)cccc1CC. The molecule has 0 unspecified atom stereocenters. The predicted molar refractivity (Wildman–Crippen MR) is 76.3 cm³/mol. The summed E-state index contributed by atoms with van der Waals surface area (Å²) in [5.41, 5.74) is 2.90. The number of amides is 3. The Morgan fingerprint density at radius 2 is 1.89 bits per heavy atom. The van der Waals surface area contributed by atoms with Gasteiger partial charge in [-0.3, -0.25) is 4.79 Å². The van der Waals surface area contributed by atoms with Crippen LogP contribution in [-0.2, 0) is 11.2 Å². The highest BCUT2D eigenvalue weighted by molar-refractivity contribution is 5.93. The van der Waals surface area contributed by atoms with Crippen molar-refractivity contribution in [1.29, 1.82) is 0 Å². The van der Waals surface area contributed by atoms with Crippen LogP contribution in [0.25, 0.3) is 0 Å². The topological polar surface area (TPSA) is 70.2 Å². The van der Waals surface area contributed by atoms with E-state index in [9.17, 15) is 9.59 Å². The summed E-state index contributed by atoms with van der Waals surface area (Å²) in [6, 6.07) is 5.52. The highest BCUT2D eigenvalue weighted by atomic mass is 16.2. The maximum Gasteiger partial charge on any atom is 0.319 e. The average molecular weight is 263 g/mol. The van der Waals surface area contributed by atoms with Crippen LogP contribution in [0.15, 0.2) is 18.2 Å². The minimum Gasteiger partial charge on any atom is -0.355 e. The van der Waals surface area contributed by atoms with Gasteiger partial charge in [0.05, 0.1) is 6.54 Å². The first-order chi connectivity index (χ1) is 9.08. The zero-order valence-electron chi connectivity index (χ0n) is 11.7. The number of carbonyl (C=O) groups excluding carboxylic acids is 2. The molecule has 1 aromatic carbocycles. The summed E-state index contributed by atoms with van der Waals surface area (Å²) in [7, 11) is 0. The molecule has 0 radical (unpaired) electrons. The lowest BCUT2D eigenvalue weighted by molar-refractivity contribution is -0.119. The summed E-state index contributed by atoms with van der Waals surface area (Å²) in [5, 5.41) is 7.95. The molecule has 0 aliphatic heterocycles. The lowest BCUT2D eigenvalue weighted by Crippen LogP contribution is -2.39. The fraction of sp³-hybridized carbons (Fsp3) is 0.429. The first-order valence-electron chi connectivity index (χ1n) is 6.48. The number of likely N-dealkylation sites (N-methyl/N-ethyl adjacent to an activating group) is 1. The second-order valence-electron chi connectivity index (χ2n) is 4.22. The summed E-state index contributed by atoms with van der Waals surface area (Å²) >= 11 is 0. The first kappa shape index (κ1) is 15.0. The summed E-state index contributed by atoms with van der Waals surface area (Å²) in [5.74, 6) is -0.196. The van der Waals surface area contributed by atoms with Crippen LogP contribution >= 0.6 is 0 Å². The summed E-state index contributed by atoms with van der Waals surface area (Å²) in [6.45, 7) is 6.34. The standard InChI is InChI=1S/C14H21N3O2/c1-4-11-8-6-7-10(3)13(11)17-14(19)16-9-12(18)15-5-2/h6-8H,4-5,9H2,1-3H3,(H,15,18)(H2,16,17,19). The van der Waals surface area contributed by atoms with Gasteiger partial charge in [-0.15, -0.1) is 0 Å². The Balaban J connectivity index is 2.60. The van der Waals surface area contributed by atoms with Crippen LogP contribution in [0, 0.1) is 6.92 Å². The zero-order chi connectivity index (χ0) is 14.3. The maximum absolute atomic E-state index is 11.7. The fourth-order valence-electron chi connectivity index (χ4n) is 1.78. The molecule has 0 aromatic heterocycles. The van der Waals surface area contributed by atoms with E-state index in [0.717, 1.165) is 23.2 Å². The molecule has 3 N–H and O–H groups in total. The van der Waals surface area contributed by atoms with Crippen LogP contribution in [0.3, 0.4) is 0 Å². The van der Waals surface area contributed by atoms with Crippen molar-refractivity contribution in [3.63, 3.8) is 0 Å². The van der Waals surface area contributed by atoms with Crippen LogP contribution in [0.5, 0.6) is 0 Å². The van der Waals surface area contributed by atoms with Crippen molar-refractivity contribution in [2.75, 3.05) is 18.4 Å². The van der Waals surface area contributed by atoms with Gasteiger partial charge in [0.2, 0.25) is 5.91 Å². The fourth-order valence-corrected chi connectivity index (χ4v) is 1.78. The van der Waals surface area contributed by atoms with E-state index in [0.29, 0.717) is 6.54 Å². The molecule has 0 saturated carbocycles. The third kappa shape index (κ3) is 4.62. The van der Waals surface area contributed by atoms with E-state index >= 15 is 0 Å². The van der Waals surface area contributed by atoms with Gasteiger partial charge >= 0.3 is 6.03 Å². The molecule has 0 heterocycles. The second-order valence-corrected chi connectivity index (χ2v) is 4.22. The molecule has 104 valence electrons. The summed E-state index contributed by atoms with van der Waals surface area (Å²) in [4.78, 5) is 23.0. The minimum atomic E-state index is -0.366. The van der Waals surface area contributed by atoms with E-state index in [4.69, 9.17) is 0 Å². The molecule has 1 rings (SSSR count). The van der Waals surface area contributed by atoms with Crippen LogP contribution in [0.2, 0.25) is 0 Å². The van der Waals surface area contributed by atoms with Crippen LogP contribution < -0.4 is 16.0 Å². The number of rotatable bonds is 5. The van der Waals surface area contributed by atoms with Crippen molar-refractivity contribution in [2.24, 2.45) is 0 Å². The number of aryl methyl sites for hydroxylation is 2. The van der Waals surface area contributed by atoms with Gasteiger partial charge in [-0.2, -0.15) is 0 Å². The highest BCUT2D eigenvalue weighted by Crippen LogP contribution is 2.20. The first-order valence-corrected chi connectivity index (χ1v) is 6.48. The minimum absolute atomic E-state index is 0.0208. The van der Waals surface area contributed by atoms with Crippen molar-refractivity contribution in [3.05, 3.63) is 29.3 Å². The molecule has 5 heteroatoms. The number of carbonyl (C=O) groups is 2. The monoisotopic (exact) mass is 263 g/mol. The Labute approximate surface area is 113 Å². The van der Waals surface area contributed by atoms with Gasteiger partial charge in [0.1, 0.15) is 0 Å². The third-order valence-electron chi connectivity index (χ3n) is 2.76. The van der Waals surface area contributed by atoms with Crippen molar-refractivity contribution >= 4 is 17.6 Å². The van der Waals surface area contributed by atoms with Crippen molar-refractivity contribution < 1.29 is 9.59 Å². The largest absolute Gasteiger partial charge is 0.355 e. The van der Waals surface area contributed by atoms with Gasteiger partial charge in [-0.25, -0.2) is 4.79 Å². The van der Waals surface area contributed by atoms with Crippen molar-refractivity contribution in [1.82, 2.24) is 10.6 Å². The van der Waals surface area contributed by atoms with Crippen LogP contribution in [0.1, 0.15) is 25.0 Å². The third-order valence-corrected chi connectivity index (χ3v) is 2.76. The lowest BCUT2D eigenvalue weighted by Gasteiger charge is -2.13. The molecule has 19 heavy (non-hydrogen) atoms. The maximum atomic E-state index is 11.7. The van der Waals surface area contributed by atoms with Gasteiger partial charge in [-0.05, 0) is 31.4 Å². The Morgan fingerprint density at radius 3 is 2.53 bits per heavy atom. The van der Waals surface area contributed by atoms with E-state index < -0.39 is 0 Å². The lowest BCUT2D eigenvalue weighted by atomic mass is 10.1. The Bertz CT molecular complexity index is 458. The average Bonchev–Trinajstić information content (AvgIpc) is 2.39. The number of hydrogen-bond acceptors (Lipinski definition) is 2. The molecular formula is C14H21N3O2. The van der Waals surface area contributed by atoms with E-state index in [2.05, 4.69) is 16.0 Å². The molecule has 3 amide bonds. The smallest absolute Gasteiger partial charge is 0.319 e. The van der Waals surface area contributed by atoms with Crippen LogP contribution in [-0.4, -0.2) is 25.0 Å². The molecule has 0 saturated heterocycles. The van der Waals surface area contributed by atoms with Crippen LogP contribution in [0.4, 0.5) is 10.5 Å². The van der Waals surface area contributed by atoms with E-state index in [1.165, 1.54) is 0 Å². The number of anilines is 1. The Morgan fingerprint density at radius 1 is 1.16 bits per heavy atom. The predicted octanol–water partition coefficient (Wildman–Crippen LogP) is 1.82. The van der Waals surface area contributed by atoms with E-state index in [1.54, 1.807) is 0 Å². The number of urea groups is 1. The molecule has 0 fully saturated rings. The Kier molecular flexibility index (Phi) is 5.85. The van der Waals surface area contributed by atoms with E-state index in [-0.39, 0.29) is 18.5 Å². The van der Waals surface area contributed by atoms with Gasteiger partial charge in [0.15, 0.2) is 0 Å². The Hall–Kier alpha value is -2.04. The van der Waals surface area contributed by atoms with Gasteiger partial charge < -0.3 is 16.0 Å². The van der Waals surface area contributed by atoms with E-state index in [1.807, 2.05) is 39.0 Å². The summed E-state index contributed by atoms with van der Waals surface area (Å²) in [6.07, 6.45) is 0.841. The molecule has 0 bridgehead atoms. The van der Waals surface area contributed by atoms with Gasteiger partial charge in [0.25, 0.3) is 0 Å². The second kappa shape index (κ2) is 7.41. The molecule has 0 atom stereocenters. The zero-order valence-corrected chi connectivity index (χ0v) is 11.7. The molecule has 5 nitrogen and oxygen atoms in total. The molecule has 0 aliphatic carbocycles. The molecule has 0 aliphatic rings. The van der Waals surface area contributed by atoms with Gasteiger partial charge in [-0.1, -0.05) is 25.1 Å². The summed E-state index contributed by atoms with van der Waals surface area (Å²) < 4.78 is 0. The molecular weight excluding hydrogens is 242 g/mol. The number of nitrogens with one attached hydrogen (secondary N) is 3. The van der Waals surface area contributed by atoms with Gasteiger partial charge in [0, 0.05) is 12.2 Å². The number of benzene rings is 1. The highest BCUT2D eigenvalue weighted by Gasteiger charge is 2.09. The quantitative estimate of drug-likeness (QED) is 0.758. The number of para-hydroxylation sites is 1.